The molecule has 1 aliphatic rings. The Hall–Kier alpha value is -2.95. The van der Waals surface area contributed by atoms with Gasteiger partial charge in [0.1, 0.15) is 5.82 Å². The monoisotopic (exact) mass is 403 g/mol. The molecule has 4 rings (SSSR count). The number of rotatable bonds is 6. The molecule has 0 amide bonds. The Morgan fingerprint density at radius 3 is 2.43 bits per heavy atom. The second kappa shape index (κ2) is 8.82. The summed E-state index contributed by atoms with van der Waals surface area (Å²) < 4.78 is 2.18. The Balaban J connectivity index is 1.60. The summed E-state index contributed by atoms with van der Waals surface area (Å²) in [5, 5.41) is 14.3. The molecule has 2 aromatic carbocycles. The molecule has 1 saturated carbocycles. The third-order valence-corrected chi connectivity index (χ3v) is 5.94. The van der Waals surface area contributed by atoms with Crippen LogP contribution in [0.25, 0.3) is 11.1 Å². The van der Waals surface area contributed by atoms with Crippen molar-refractivity contribution in [1.29, 1.82) is 0 Å². The minimum Gasteiger partial charge on any atom is -0.478 e. The van der Waals surface area contributed by atoms with E-state index in [1.54, 1.807) is 12.1 Å². The Morgan fingerprint density at radius 2 is 1.77 bits per heavy atom. The highest BCUT2D eigenvalue weighted by Crippen LogP contribution is 2.30. The summed E-state index contributed by atoms with van der Waals surface area (Å²) in [5.41, 5.74) is 3.13. The van der Waals surface area contributed by atoms with Gasteiger partial charge in [0.25, 0.3) is 0 Å². The van der Waals surface area contributed by atoms with Gasteiger partial charge in [0.05, 0.1) is 11.6 Å². The second-order valence-corrected chi connectivity index (χ2v) is 8.50. The first-order chi connectivity index (χ1) is 14.5. The Labute approximate surface area is 177 Å². The molecule has 156 valence electrons. The fraction of sp³-hybridized carbons (Fsp3) is 0.400. The molecule has 30 heavy (non-hydrogen) atoms. The zero-order valence-corrected chi connectivity index (χ0v) is 17.7. The Morgan fingerprint density at radius 1 is 1.07 bits per heavy atom. The van der Waals surface area contributed by atoms with Crippen LogP contribution in [0.3, 0.4) is 0 Å². The quantitative estimate of drug-likeness (QED) is 0.559. The van der Waals surface area contributed by atoms with Crippen LogP contribution in [0.2, 0.25) is 0 Å². The van der Waals surface area contributed by atoms with Gasteiger partial charge >= 0.3 is 5.97 Å². The zero-order chi connectivity index (χ0) is 21.1. The van der Waals surface area contributed by atoms with Crippen molar-refractivity contribution in [3.8, 4) is 11.1 Å². The van der Waals surface area contributed by atoms with Crippen LogP contribution < -0.4 is 0 Å². The standard InChI is InChI=1S/C25H29N3O2/c1-17(2)24-26-23(28(27-24)20-8-4-3-5-9-20)16-18-12-14-19(15-13-18)21-10-6-7-11-22(21)25(29)30/h6-7,10-15,17,20H,3-5,8-9,16H2,1-2H3,(H,29,30). The number of aromatic carboxylic acids is 1. The topological polar surface area (TPSA) is 68.0 Å². The van der Waals surface area contributed by atoms with Crippen molar-refractivity contribution in [2.45, 2.75) is 64.3 Å². The van der Waals surface area contributed by atoms with Crippen LogP contribution >= 0.6 is 0 Å². The molecule has 1 N–H and O–H groups in total. The number of hydrogen-bond donors (Lipinski definition) is 1. The summed E-state index contributed by atoms with van der Waals surface area (Å²) >= 11 is 0. The molecule has 0 saturated heterocycles. The highest BCUT2D eigenvalue weighted by Gasteiger charge is 2.22. The van der Waals surface area contributed by atoms with Gasteiger partial charge in [-0.2, -0.15) is 5.10 Å². The first kappa shape index (κ1) is 20.3. The minimum absolute atomic E-state index is 0.309. The number of hydrogen-bond acceptors (Lipinski definition) is 3. The van der Waals surface area contributed by atoms with Crippen LogP contribution in [0.15, 0.2) is 48.5 Å². The van der Waals surface area contributed by atoms with Crippen molar-refractivity contribution in [2.75, 3.05) is 0 Å². The first-order valence-electron chi connectivity index (χ1n) is 10.9. The van der Waals surface area contributed by atoms with Crippen molar-refractivity contribution in [2.24, 2.45) is 0 Å². The number of benzene rings is 2. The molecular formula is C25H29N3O2. The van der Waals surface area contributed by atoms with E-state index in [2.05, 4.69) is 30.7 Å². The van der Waals surface area contributed by atoms with Gasteiger partial charge in [-0.05, 0) is 35.6 Å². The van der Waals surface area contributed by atoms with Gasteiger partial charge < -0.3 is 5.11 Å². The maximum Gasteiger partial charge on any atom is 0.336 e. The molecule has 1 heterocycles. The normalized spacial score (nSPS) is 14.9. The third kappa shape index (κ3) is 4.30. The van der Waals surface area contributed by atoms with E-state index in [1.807, 2.05) is 24.3 Å². The molecule has 1 aliphatic carbocycles. The molecular weight excluding hydrogens is 374 g/mol. The molecule has 0 bridgehead atoms. The van der Waals surface area contributed by atoms with Crippen LogP contribution in [0.4, 0.5) is 0 Å². The number of carboxylic acid groups (broad SMARTS) is 1. The molecule has 0 atom stereocenters. The van der Waals surface area contributed by atoms with Crippen molar-refractivity contribution >= 4 is 5.97 Å². The van der Waals surface area contributed by atoms with Crippen LogP contribution in [0, 0.1) is 0 Å². The molecule has 3 aromatic rings. The second-order valence-electron chi connectivity index (χ2n) is 8.50. The van der Waals surface area contributed by atoms with Crippen molar-refractivity contribution in [1.82, 2.24) is 14.8 Å². The summed E-state index contributed by atoms with van der Waals surface area (Å²) in [4.78, 5) is 16.4. The van der Waals surface area contributed by atoms with E-state index in [1.165, 1.54) is 32.1 Å². The lowest BCUT2D eigenvalue weighted by atomic mass is 9.95. The number of carboxylic acids is 1. The van der Waals surface area contributed by atoms with E-state index < -0.39 is 5.97 Å². The van der Waals surface area contributed by atoms with Crippen LogP contribution in [0.1, 0.15) is 85.5 Å². The fourth-order valence-electron chi connectivity index (χ4n) is 4.26. The van der Waals surface area contributed by atoms with Gasteiger partial charge in [0.2, 0.25) is 0 Å². The maximum absolute atomic E-state index is 11.5. The lowest BCUT2D eigenvalue weighted by molar-refractivity contribution is 0.0697. The number of nitrogens with zero attached hydrogens (tertiary/aromatic N) is 3. The van der Waals surface area contributed by atoms with E-state index in [9.17, 15) is 9.90 Å². The molecule has 5 nitrogen and oxygen atoms in total. The highest BCUT2D eigenvalue weighted by molar-refractivity contribution is 5.95. The zero-order valence-electron chi connectivity index (χ0n) is 17.7. The molecule has 0 spiro atoms. The van der Waals surface area contributed by atoms with Gasteiger partial charge in [-0.15, -0.1) is 0 Å². The third-order valence-electron chi connectivity index (χ3n) is 5.94. The van der Waals surface area contributed by atoms with Gasteiger partial charge in [-0.25, -0.2) is 14.5 Å². The van der Waals surface area contributed by atoms with Gasteiger partial charge in [-0.3, -0.25) is 0 Å². The molecule has 0 aliphatic heterocycles. The predicted octanol–water partition coefficient (Wildman–Crippen LogP) is 5.86. The van der Waals surface area contributed by atoms with Crippen LogP contribution in [0.5, 0.6) is 0 Å². The lowest BCUT2D eigenvalue weighted by Gasteiger charge is -2.23. The lowest BCUT2D eigenvalue weighted by Crippen LogP contribution is -2.17. The predicted molar refractivity (Wildman–Crippen MR) is 118 cm³/mol. The van der Waals surface area contributed by atoms with Crippen LogP contribution in [-0.4, -0.2) is 25.8 Å². The average Bonchev–Trinajstić information content (AvgIpc) is 3.19. The maximum atomic E-state index is 11.5. The van der Waals surface area contributed by atoms with E-state index in [4.69, 9.17) is 10.1 Å². The molecule has 0 unspecified atom stereocenters. The summed E-state index contributed by atoms with van der Waals surface area (Å²) in [6.07, 6.45) is 6.93. The van der Waals surface area contributed by atoms with Crippen molar-refractivity contribution in [3.05, 3.63) is 71.3 Å². The largest absolute Gasteiger partial charge is 0.478 e. The SMILES string of the molecule is CC(C)c1nc(Cc2ccc(-c3ccccc3C(=O)O)cc2)n(C2CCCCC2)n1. The Kier molecular flexibility index (Phi) is 5.98. The molecule has 5 heteroatoms. The summed E-state index contributed by atoms with van der Waals surface area (Å²) in [6.45, 7) is 4.28. The van der Waals surface area contributed by atoms with Crippen molar-refractivity contribution in [3.63, 3.8) is 0 Å². The molecule has 1 fully saturated rings. The summed E-state index contributed by atoms with van der Waals surface area (Å²) in [7, 11) is 0. The van der Waals surface area contributed by atoms with Gasteiger partial charge in [-0.1, -0.05) is 75.6 Å². The van der Waals surface area contributed by atoms with Crippen molar-refractivity contribution < 1.29 is 9.90 Å². The van der Waals surface area contributed by atoms with E-state index in [0.717, 1.165) is 34.8 Å². The number of carbonyl (C=O) groups is 1. The van der Waals surface area contributed by atoms with E-state index in [0.29, 0.717) is 17.5 Å². The van der Waals surface area contributed by atoms with Gasteiger partial charge in [0.15, 0.2) is 5.82 Å². The molecule has 1 aromatic heterocycles. The highest BCUT2D eigenvalue weighted by atomic mass is 16.4. The average molecular weight is 404 g/mol. The molecule has 0 radical (unpaired) electrons. The van der Waals surface area contributed by atoms with E-state index in [-0.39, 0.29) is 0 Å². The fourth-order valence-corrected chi connectivity index (χ4v) is 4.26. The van der Waals surface area contributed by atoms with Gasteiger partial charge in [0, 0.05) is 12.3 Å². The summed E-state index contributed by atoms with van der Waals surface area (Å²) in [5.74, 6) is 1.35. The summed E-state index contributed by atoms with van der Waals surface area (Å²) in [6, 6.07) is 15.7. The number of aromatic nitrogens is 3. The smallest absolute Gasteiger partial charge is 0.336 e. The Bertz CT molecular complexity index is 1020. The first-order valence-corrected chi connectivity index (χ1v) is 10.9. The van der Waals surface area contributed by atoms with Crippen LogP contribution in [-0.2, 0) is 6.42 Å². The minimum atomic E-state index is -0.906. The van der Waals surface area contributed by atoms with E-state index >= 15 is 0 Å².